The van der Waals surface area contributed by atoms with E-state index in [1.54, 1.807) is 14.2 Å². The molecule has 1 N–H and O–H groups in total. The van der Waals surface area contributed by atoms with Crippen LogP contribution in [-0.2, 0) is 4.74 Å². The minimum Gasteiger partial charge on any atom is -0.493 e. The molecule has 1 aliphatic heterocycles. The first-order valence-corrected chi connectivity index (χ1v) is 7.73. The van der Waals surface area contributed by atoms with Crippen LogP contribution >= 0.6 is 11.6 Å². The first kappa shape index (κ1) is 16.4. The summed E-state index contributed by atoms with van der Waals surface area (Å²) < 4.78 is 16.1. The highest BCUT2D eigenvalue weighted by atomic mass is 35.5. The van der Waals surface area contributed by atoms with Crippen LogP contribution < -0.4 is 14.8 Å². The Labute approximate surface area is 131 Å². The highest BCUT2D eigenvalue weighted by Crippen LogP contribution is 2.39. The van der Waals surface area contributed by atoms with Crippen LogP contribution in [0.4, 0.5) is 0 Å². The minimum absolute atomic E-state index is 0.255. The average Bonchev–Trinajstić information content (AvgIpc) is 2.52. The normalized spacial score (nSPS) is 17.5. The van der Waals surface area contributed by atoms with Crippen molar-refractivity contribution in [2.45, 2.75) is 25.3 Å². The SMILES string of the molecule is CNC(CC1CCOCC1)c1cc(Cl)c(OC)c(OC)c1. The molecule has 118 valence electrons. The number of nitrogens with one attached hydrogen (secondary N) is 1. The maximum absolute atomic E-state index is 6.30. The van der Waals surface area contributed by atoms with Crippen molar-refractivity contribution in [1.82, 2.24) is 5.32 Å². The van der Waals surface area contributed by atoms with Crippen LogP contribution in [0.25, 0.3) is 0 Å². The van der Waals surface area contributed by atoms with E-state index in [2.05, 4.69) is 5.32 Å². The largest absolute Gasteiger partial charge is 0.493 e. The van der Waals surface area contributed by atoms with E-state index in [9.17, 15) is 0 Å². The number of halogens is 1. The van der Waals surface area contributed by atoms with Crippen molar-refractivity contribution in [2.75, 3.05) is 34.5 Å². The van der Waals surface area contributed by atoms with Gasteiger partial charge in [-0.25, -0.2) is 0 Å². The Hall–Kier alpha value is -0.970. The molecule has 0 aromatic heterocycles. The van der Waals surface area contributed by atoms with Gasteiger partial charge in [0, 0.05) is 19.3 Å². The fraction of sp³-hybridized carbons (Fsp3) is 0.625. The van der Waals surface area contributed by atoms with Gasteiger partial charge in [-0.05, 0) is 49.9 Å². The standard InChI is InChI=1S/C16H24ClNO3/c1-18-14(8-11-4-6-21-7-5-11)12-9-13(17)16(20-3)15(10-12)19-2/h9-11,14,18H,4-8H2,1-3H3. The highest BCUT2D eigenvalue weighted by Gasteiger charge is 2.21. The lowest BCUT2D eigenvalue weighted by atomic mass is 9.89. The van der Waals surface area contributed by atoms with Crippen LogP contribution in [0.3, 0.4) is 0 Å². The fourth-order valence-corrected chi connectivity index (χ4v) is 3.17. The molecule has 1 unspecified atom stereocenters. The monoisotopic (exact) mass is 313 g/mol. The Balaban J connectivity index is 2.18. The predicted molar refractivity (Wildman–Crippen MR) is 84.5 cm³/mol. The molecule has 2 rings (SSSR count). The molecule has 0 bridgehead atoms. The third-order valence-corrected chi connectivity index (χ3v) is 4.40. The lowest BCUT2D eigenvalue weighted by Crippen LogP contribution is -2.24. The molecule has 5 heteroatoms. The van der Waals surface area contributed by atoms with Crippen LogP contribution in [-0.4, -0.2) is 34.5 Å². The molecular formula is C16H24ClNO3. The summed E-state index contributed by atoms with van der Waals surface area (Å²) in [6, 6.07) is 4.22. The van der Waals surface area contributed by atoms with Crippen LogP contribution in [0.2, 0.25) is 5.02 Å². The van der Waals surface area contributed by atoms with E-state index in [1.165, 1.54) is 0 Å². The van der Waals surface area contributed by atoms with Crippen LogP contribution in [0.1, 0.15) is 30.9 Å². The summed E-state index contributed by atoms with van der Waals surface area (Å²) in [6.07, 6.45) is 3.32. The fourth-order valence-electron chi connectivity index (χ4n) is 2.88. The van der Waals surface area contributed by atoms with Gasteiger partial charge in [-0.15, -0.1) is 0 Å². The Kier molecular flexibility index (Phi) is 6.15. The van der Waals surface area contributed by atoms with Crippen molar-refractivity contribution < 1.29 is 14.2 Å². The minimum atomic E-state index is 0.255. The second-order valence-electron chi connectivity index (χ2n) is 5.37. The van der Waals surface area contributed by atoms with Gasteiger partial charge >= 0.3 is 0 Å². The van der Waals surface area contributed by atoms with E-state index >= 15 is 0 Å². The molecule has 1 aromatic rings. The summed E-state index contributed by atoms with van der Waals surface area (Å²) in [5.41, 5.74) is 1.13. The topological polar surface area (TPSA) is 39.7 Å². The maximum atomic E-state index is 6.30. The third-order valence-electron chi connectivity index (χ3n) is 4.12. The van der Waals surface area contributed by atoms with Crippen molar-refractivity contribution in [3.05, 3.63) is 22.7 Å². The number of hydrogen-bond donors (Lipinski definition) is 1. The molecule has 0 spiro atoms. The molecule has 1 saturated heterocycles. The molecule has 1 atom stereocenters. The van der Waals surface area contributed by atoms with Crippen LogP contribution in [0.5, 0.6) is 11.5 Å². The number of benzene rings is 1. The number of rotatable bonds is 6. The molecule has 0 amide bonds. The molecule has 1 fully saturated rings. The molecule has 4 nitrogen and oxygen atoms in total. The Morgan fingerprint density at radius 2 is 2.00 bits per heavy atom. The van der Waals surface area contributed by atoms with Crippen LogP contribution in [0, 0.1) is 5.92 Å². The summed E-state index contributed by atoms with van der Waals surface area (Å²) in [5, 5.41) is 3.97. The van der Waals surface area contributed by atoms with E-state index in [0.717, 1.165) is 38.0 Å². The van der Waals surface area contributed by atoms with Gasteiger partial charge in [0.05, 0.1) is 19.2 Å². The molecule has 1 aromatic carbocycles. The maximum Gasteiger partial charge on any atom is 0.179 e. The molecule has 0 radical (unpaired) electrons. The Bertz CT molecular complexity index is 461. The summed E-state index contributed by atoms with van der Waals surface area (Å²) in [4.78, 5) is 0. The zero-order valence-corrected chi connectivity index (χ0v) is 13.7. The van der Waals surface area contributed by atoms with Gasteiger partial charge in [0.1, 0.15) is 0 Å². The van der Waals surface area contributed by atoms with Gasteiger partial charge in [-0.1, -0.05) is 11.6 Å². The first-order valence-electron chi connectivity index (χ1n) is 7.36. The predicted octanol–water partition coefficient (Wildman–Crippen LogP) is 3.43. The molecule has 0 saturated carbocycles. The van der Waals surface area contributed by atoms with Crippen LogP contribution in [0.15, 0.2) is 12.1 Å². The smallest absolute Gasteiger partial charge is 0.179 e. The summed E-state index contributed by atoms with van der Waals surface area (Å²) >= 11 is 6.30. The quantitative estimate of drug-likeness (QED) is 0.873. The number of ether oxygens (including phenoxy) is 3. The Morgan fingerprint density at radius 1 is 1.29 bits per heavy atom. The highest BCUT2D eigenvalue weighted by molar-refractivity contribution is 6.32. The van der Waals surface area contributed by atoms with Crippen molar-refractivity contribution in [1.29, 1.82) is 0 Å². The van der Waals surface area contributed by atoms with Gasteiger partial charge < -0.3 is 19.5 Å². The van der Waals surface area contributed by atoms with Crippen molar-refractivity contribution in [3.63, 3.8) is 0 Å². The molecule has 21 heavy (non-hydrogen) atoms. The van der Waals surface area contributed by atoms with Gasteiger partial charge in [0.25, 0.3) is 0 Å². The number of hydrogen-bond acceptors (Lipinski definition) is 4. The Morgan fingerprint density at radius 3 is 2.57 bits per heavy atom. The zero-order chi connectivity index (χ0) is 15.2. The zero-order valence-electron chi connectivity index (χ0n) is 12.9. The van der Waals surface area contributed by atoms with Gasteiger partial charge in [0.2, 0.25) is 0 Å². The summed E-state index contributed by atoms with van der Waals surface area (Å²) in [7, 11) is 5.21. The second-order valence-corrected chi connectivity index (χ2v) is 5.78. The second kappa shape index (κ2) is 7.87. The lowest BCUT2D eigenvalue weighted by molar-refractivity contribution is 0.0608. The molecule has 1 aliphatic rings. The van der Waals surface area contributed by atoms with Gasteiger partial charge in [-0.3, -0.25) is 0 Å². The van der Waals surface area contributed by atoms with E-state index in [1.807, 2.05) is 19.2 Å². The third kappa shape index (κ3) is 4.02. The summed E-state index contributed by atoms with van der Waals surface area (Å²) in [6.45, 7) is 1.74. The van der Waals surface area contributed by atoms with E-state index in [0.29, 0.717) is 22.4 Å². The van der Waals surface area contributed by atoms with Gasteiger partial charge in [0.15, 0.2) is 11.5 Å². The molecule has 1 heterocycles. The van der Waals surface area contributed by atoms with E-state index in [-0.39, 0.29) is 6.04 Å². The van der Waals surface area contributed by atoms with Gasteiger partial charge in [-0.2, -0.15) is 0 Å². The van der Waals surface area contributed by atoms with E-state index < -0.39 is 0 Å². The molecule has 0 aliphatic carbocycles. The van der Waals surface area contributed by atoms with Crippen molar-refractivity contribution in [2.24, 2.45) is 5.92 Å². The average molecular weight is 314 g/mol. The number of methoxy groups -OCH3 is 2. The lowest BCUT2D eigenvalue weighted by Gasteiger charge is -2.27. The first-order chi connectivity index (χ1) is 10.2. The summed E-state index contributed by atoms with van der Waals surface area (Å²) in [5.74, 6) is 1.94. The van der Waals surface area contributed by atoms with Crippen molar-refractivity contribution >= 4 is 11.6 Å². The van der Waals surface area contributed by atoms with E-state index in [4.69, 9.17) is 25.8 Å². The van der Waals surface area contributed by atoms with Crippen molar-refractivity contribution in [3.8, 4) is 11.5 Å². The molecular weight excluding hydrogens is 290 g/mol.